The molecule has 1 aromatic carbocycles. The summed E-state index contributed by atoms with van der Waals surface area (Å²) in [6, 6.07) is 2.27. The number of alkyl carbamates (subject to hydrolysis) is 1. The smallest absolute Gasteiger partial charge is 0.408 e. The van der Waals surface area contributed by atoms with Crippen molar-refractivity contribution in [2.24, 2.45) is 0 Å². The summed E-state index contributed by atoms with van der Waals surface area (Å²) in [4.78, 5) is 23.0. The number of phenolic OH excluding ortho intramolecular Hbond substituents is 1. The van der Waals surface area contributed by atoms with Gasteiger partial charge in [-0.25, -0.2) is 9.59 Å². The van der Waals surface area contributed by atoms with Crippen molar-refractivity contribution in [1.29, 1.82) is 0 Å². The fraction of sp³-hybridized carbons (Fsp3) is 0.429. The average molecular weight is 533 g/mol. The van der Waals surface area contributed by atoms with Gasteiger partial charge in [0.25, 0.3) is 0 Å². The lowest BCUT2D eigenvalue weighted by atomic mass is 10.1. The molecule has 1 atom stereocenters. The number of aromatic hydroxyl groups is 1. The van der Waals surface area contributed by atoms with E-state index in [1.54, 1.807) is 32.9 Å². The third-order valence-electron chi connectivity index (χ3n) is 2.51. The van der Waals surface area contributed by atoms with E-state index < -0.39 is 23.7 Å². The van der Waals surface area contributed by atoms with Gasteiger partial charge in [0, 0.05) is 6.42 Å². The highest BCUT2D eigenvalue weighted by Gasteiger charge is 2.24. The highest BCUT2D eigenvalue weighted by atomic mass is 127. The van der Waals surface area contributed by atoms with Crippen LogP contribution < -0.4 is 5.32 Å². The third-order valence-corrected chi connectivity index (χ3v) is 4.15. The molecule has 1 amide bonds. The number of aliphatic carboxylic acids is 1. The molecule has 22 heavy (non-hydrogen) atoms. The molecule has 0 heterocycles. The molecule has 0 aromatic heterocycles. The molecule has 3 N–H and O–H groups in total. The summed E-state index contributed by atoms with van der Waals surface area (Å²) in [5, 5.41) is 21.3. The Bertz CT molecular complexity index is 560. The second-order valence-corrected chi connectivity index (χ2v) is 7.97. The first-order chi connectivity index (χ1) is 9.99. The average Bonchev–Trinajstić information content (AvgIpc) is 2.32. The number of amides is 1. The second-order valence-electron chi connectivity index (χ2n) is 5.65. The Kier molecular flexibility index (Phi) is 6.71. The molecule has 1 aromatic rings. The molecule has 1 rings (SSSR count). The lowest BCUT2D eigenvalue weighted by Crippen LogP contribution is -2.44. The summed E-state index contributed by atoms with van der Waals surface area (Å²) < 4.78 is 6.32. The van der Waals surface area contributed by atoms with Gasteiger partial charge in [-0.3, -0.25) is 0 Å². The summed E-state index contributed by atoms with van der Waals surface area (Å²) in [6.07, 6.45) is -0.677. The van der Waals surface area contributed by atoms with Gasteiger partial charge in [-0.2, -0.15) is 0 Å². The zero-order valence-electron chi connectivity index (χ0n) is 12.3. The van der Waals surface area contributed by atoms with Crippen molar-refractivity contribution < 1.29 is 24.5 Å². The predicted molar refractivity (Wildman–Crippen MR) is 98.0 cm³/mol. The van der Waals surface area contributed by atoms with Crippen LogP contribution in [-0.4, -0.2) is 33.9 Å². The predicted octanol–water partition coefficient (Wildman–Crippen LogP) is 3.12. The minimum Gasteiger partial charge on any atom is -0.506 e. The molecule has 0 unspecified atom stereocenters. The van der Waals surface area contributed by atoms with Crippen LogP contribution in [0.2, 0.25) is 0 Å². The van der Waals surface area contributed by atoms with Gasteiger partial charge in [-0.1, -0.05) is 0 Å². The first kappa shape index (κ1) is 19.3. The van der Waals surface area contributed by atoms with Crippen LogP contribution in [0.15, 0.2) is 12.1 Å². The number of carbonyl (C=O) groups excluding carboxylic acids is 1. The Balaban J connectivity index is 2.85. The number of hydrogen-bond donors (Lipinski definition) is 3. The largest absolute Gasteiger partial charge is 0.506 e. The molecule has 6 nitrogen and oxygen atoms in total. The van der Waals surface area contributed by atoms with Gasteiger partial charge in [-0.15, -0.1) is 0 Å². The van der Waals surface area contributed by atoms with Crippen molar-refractivity contribution in [2.45, 2.75) is 38.8 Å². The first-order valence-corrected chi connectivity index (χ1v) is 8.54. The zero-order valence-corrected chi connectivity index (χ0v) is 16.6. The van der Waals surface area contributed by atoms with Crippen LogP contribution in [0.25, 0.3) is 0 Å². The van der Waals surface area contributed by atoms with Crippen molar-refractivity contribution >= 4 is 57.2 Å². The summed E-state index contributed by atoms with van der Waals surface area (Å²) in [5.41, 5.74) is 0.00577. The monoisotopic (exact) mass is 533 g/mol. The molecular formula is C14H17I2NO5. The van der Waals surface area contributed by atoms with Gasteiger partial charge >= 0.3 is 12.1 Å². The maximum absolute atomic E-state index is 11.7. The molecule has 0 aliphatic rings. The van der Waals surface area contributed by atoms with Gasteiger partial charge in [0.15, 0.2) is 0 Å². The summed E-state index contributed by atoms with van der Waals surface area (Å²) in [6.45, 7) is 5.10. The molecule has 0 radical (unpaired) electrons. The van der Waals surface area contributed by atoms with Crippen LogP contribution in [0.4, 0.5) is 4.79 Å². The second kappa shape index (κ2) is 7.66. The number of carboxylic acid groups (broad SMARTS) is 1. The Hall–Kier alpha value is -0.780. The minimum absolute atomic E-state index is 0.0981. The zero-order chi connectivity index (χ0) is 17.1. The number of nitrogens with one attached hydrogen (secondary N) is 1. The van der Waals surface area contributed by atoms with E-state index in [0.29, 0.717) is 12.7 Å². The van der Waals surface area contributed by atoms with Crippen LogP contribution in [0.3, 0.4) is 0 Å². The number of hydrogen-bond acceptors (Lipinski definition) is 4. The fourth-order valence-electron chi connectivity index (χ4n) is 1.62. The molecule has 0 fully saturated rings. The van der Waals surface area contributed by atoms with E-state index in [2.05, 4.69) is 5.32 Å². The van der Waals surface area contributed by atoms with Gasteiger partial charge in [0.05, 0.1) is 7.14 Å². The first-order valence-electron chi connectivity index (χ1n) is 6.39. The maximum atomic E-state index is 11.7. The number of phenols is 1. The number of carboxylic acids is 1. The number of carbonyl (C=O) groups is 2. The summed E-state index contributed by atoms with van der Waals surface area (Å²) in [5.74, 6) is -0.985. The minimum atomic E-state index is -1.15. The van der Waals surface area contributed by atoms with Crippen molar-refractivity contribution in [3.05, 3.63) is 24.8 Å². The topological polar surface area (TPSA) is 95.9 Å². The number of benzene rings is 1. The highest BCUT2D eigenvalue weighted by molar-refractivity contribution is 14.1. The SMILES string of the molecule is CC(C)(C)OC(=O)N[C@H](Cc1cc(I)c(O)c(I)c1)C(=O)O. The summed E-state index contributed by atoms with van der Waals surface area (Å²) >= 11 is 3.94. The molecule has 0 spiro atoms. The van der Waals surface area contributed by atoms with Gasteiger partial charge in [-0.05, 0) is 83.6 Å². The van der Waals surface area contributed by atoms with Crippen molar-refractivity contribution in [1.82, 2.24) is 5.32 Å². The maximum Gasteiger partial charge on any atom is 0.408 e. The highest BCUT2D eigenvalue weighted by Crippen LogP contribution is 2.27. The van der Waals surface area contributed by atoms with Crippen LogP contribution in [0.1, 0.15) is 26.3 Å². The van der Waals surface area contributed by atoms with E-state index >= 15 is 0 Å². The van der Waals surface area contributed by atoms with E-state index in [1.165, 1.54) is 0 Å². The molecular weight excluding hydrogens is 516 g/mol. The molecule has 0 saturated heterocycles. The van der Waals surface area contributed by atoms with Crippen LogP contribution in [-0.2, 0) is 16.0 Å². The van der Waals surface area contributed by atoms with Gasteiger partial charge in [0.1, 0.15) is 17.4 Å². The Morgan fingerprint density at radius 2 is 1.77 bits per heavy atom. The number of halogens is 2. The molecule has 0 bridgehead atoms. The fourth-order valence-corrected chi connectivity index (χ4v) is 3.52. The van der Waals surface area contributed by atoms with Crippen molar-refractivity contribution in [3.63, 3.8) is 0 Å². The molecule has 0 saturated carbocycles. The summed E-state index contributed by atoms with van der Waals surface area (Å²) in [7, 11) is 0. The lowest BCUT2D eigenvalue weighted by Gasteiger charge is -2.22. The Morgan fingerprint density at radius 3 is 2.18 bits per heavy atom. The van der Waals surface area contributed by atoms with Gasteiger partial charge < -0.3 is 20.3 Å². The Labute approximate surface area is 155 Å². The third kappa shape index (κ3) is 6.15. The van der Waals surface area contributed by atoms with Crippen molar-refractivity contribution in [2.75, 3.05) is 0 Å². The van der Waals surface area contributed by atoms with Crippen LogP contribution in [0.5, 0.6) is 5.75 Å². The Morgan fingerprint density at radius 1 is 1.27 bits per heavy atom. The van der Waals surface area contributed by atoms with Gasteiger partial charge in [0.2, 0.25) is 0 Å². The standard InChI is InChI=1S/C14H17I2NO5/c1-14(2,3)22-13(21)17-10(12(19)20)6-7-4-8(15)11(18)9(16)5-7/h4-5,10,18H,6H2,1-3H3,(H,17,21)(H,19,20)/t10-/m1/s1. The van der Waals surface area contributed by atoms with Crippen molar-refractivity contribution in [3.8, 4) is 5.75 Å². The normalized spacial score (nSPS) is 12.6. The van der Waals surface area contributed by atoms with E-state index in [9.17, 15) is 19.8 Å². The van der Waals surface area contributed by atoms with Crippen LogP contribution >= 0.6 is 45.2 Å². The molecule has 8 heteroatoms. The van der Waals surface area contributed by atoms with E-state index in [0.717, 1.165) is 0 Å². The molecule has 122 valence electrons. The van der Waals surface area contributed by atoms with E-state index in [1.807, 2.05) is 45.2 Å². The quantitative estimate of drug-likeness (QED) is 0.518. The number of rotatable bonds is 4. The molecule has 0 aliphatic heterocycles. The van der Waals surface area contributed by atoms with E-state index in [4.69, 9.17) is 4.74 Å². The molecule has 0 aliphatic carbocycles. The number of ether oxygens (including phenoxy) is 1. The van der Waals surface area contributed by atoms with Crippen LogP contribution in [0, 0.1) is 7.14 Å². The lowest BCUT2D eigenvalue weighted by molar-refractivity contribution is -0.139. The van der Waals surface area contributed by atoms with E-state index in [-0.39, 0.29) is 12.2 Å².